The van der Waals surface area contributed by atoms with Crippen LogP contribution in [0, 0.1) is 0 Å². The van der Waals surface area contributed by atoms with Crippen molar-refractivity contribution in [3.63, 3.8) is 0 Å². The normalized spacial score (nSPS) is 14.1. The van der Waals surface area contributed by atoms with E-state index in [4.69, 9.17) is 0 Å². The Balaban J connectivity index is 0.949. The number of hydrogen-bond acceptors (Lipinski definition) is 1. The summed E-state index contributed by atoms with van der Waals surface area (Å²) in [4.78, 5) is 2.55. The van der Waals surface area contributed by atoms with Crippen LogP contribution in [0.5, 0.6) is 0 Å². The fourth-order valence-corrected chi connectivity index (χ4v) is 15.2. The average Bonchev–Trinajstić information content (AvgIpc) is 2.90. The van der Waals surface area contributed by atoms with Crippen molar-refractivity contribution in [3.8, 4) is 44.5 Å². The van der Waals surface area contributed by atoms with Crippen LogP contribution in [0.3, 0.4) is 0 Å². The second-order valence-corrected chi connectivity index (χ2v) is 22.1. The average molecular weight is 1040 g/mol. The SMILES string of the molecule is c1ccc(C2(c3ccccc3)c3ccccc3-c3ccc(N(c4ccc(-c5cccc6c5-c5ccccc5C6(c5ccccc5)c5ccccc5)cc4)c4cccc5c4-c4ccccc4C5(c4ccccc4)c4ccccc4)cc32)cc1. The van der Waals surface area contributed by atoms with E-state index in [1.54, 1.807) is 0 Å². The first-order chi connectivity index (χ1) is 40.7. The zero-order valence-corrected chi connectivity index (χ0v) is 45.2. The molecule has 0 atom stereocenters. The lowest BCUT2D eigenvalue weighted by Gasteiger charge is -2.35. The van der Waals surface area contributed by atoms with Crippen LogP contribution in [0.1, 0.15) is 66.8 Å². The minimum absolute atomic E-state index is 0.498. The van der Waals surface area contributed by atoms with Crippen molar-refractivity contribution >= 4 is 17.1 Å². The third-order valence-electron chi connectivity index (χ3n) is 18.3. The van der Waals surface area contributed by atoms with Gasteiger partial charge in [-0.1, -0.05) is 303 Å². The van der Waals surface area contributed by atoms with E-state index >= 15 is 0 Å². The monoisotopic (exact) mass is 1040 g/mol. The molecule has 3 aliphatic rings. The van der Waals surface area contributed by atoms with E-state index in [2.05, 4.69) is 339 Å². The fraction of sp³-hybridized carbons (Fsp3) is 0.0370. The quantitative estimate of drug-likeness (QED) is 0.132. The van der Waals surface area contributed by atoms with Gasteiger partial charge in [-0.15, -0.1) is 0 Å². The van der Waals surface area contributed by atoms with E-state index in [0.717, 1.165) is 17.1 Å². The molecule has 0 fully saturated rings. The van der Waals surface area contributed by atoms with Crippen molar-refractivity contribution in [3.05, 3.63) is 400 Å². The topological polar surface area (TPSA) is 3.24 Å². The van der Waals surface area contributed by atoms with Crippen LogP contribution in [0.4, 0.5) is 17.1 Å². The molecule has 0 spiro atoms. The van der Waals surface area contributed by atoms with Gasteiger partial charge in [0, 0.05) is 16.9 Å². The minimum atomic E-state index is -0.584. The third-order valence-corrected chi connectivity index (χ3v) is 18.3. The Morgan fingerprint density at radius 2 is 0.512 bits per heavy atom. The molecule has 0 amide bonds. The standard InChI is InChI=1S/C81H55N/c1-7-27-57(28-8-1)79(58-29-9-2-10-30-58)71-44-23-20-40-68(71)77-65(42-25-46-73(77)79)56-49-51-63(52-50-56)82(64-53-54-67-66-39-19-22-43-70(66)81(75(67)55-64,61-35-15-5-16-36-61)62-37-17-6-18-38-62)76-48-26-47-74-78(76)69-41-21-24-45-72(69)80(74,59-31-11-3-12-32-59)60-33-13-4-14-34-60/h1-55H. The van der Waals surface area contributed by atoms with Gasteiger partial charge in [0.15, 0.2) is 0 Å². The Labute approximate surface area is 480 Å². The van der Waals surface area contributed by atoms with E-state index in [0.29, 0.717) is 0 Å². The molecule has 384 valence electrons. The predicted octanol–water partition coefficient (Wildman–Crippen LogP) is 19.9. The number of nitrogens with zero attached hydrogens (tertiary/aromatic N) is 1. The lowest BCUT2D eigenvalue weighted by atomic mass is 9.67. The number of fused-ring (bicyclic) bond motifs is 9. The van der Waals surface area contributed by atoms with Crippen LogP contribution in [-0.4, -0.2) is 0 Å². The van der Waals surface area contributed by atoms with Gasteiger partial charge >= 0.3 is 0 Å². The van der Waals surface area contributed by atoms with E-state index < -0.39 is 16.2 Å². The van der Waals surface area contributed by atoms with Gasteiger partial charge in [-0.25, -0.2) is 0 Å². The summed E-state index contributed by atoms with van der Waals surface area (Å²) in [6.07, 6.45) is 0. The maximum Gasteiger partial charge on any atom is 0.0714 e. The van der Waals surface area contributed by atoms with Gasteiger partial charge in [-0.2, -0.15) is 0 Å². The van der Waals surface area contributed by atoms with Gasteiger partial charge in [0.2, 0.25) is 0 Å². The molecule has 0 radical (unpaired) electrons. The first-order valence-electron chi connectivity index (χ1n) is 28.7. The van der Waals surface area contributed by atoms with E-state index in [1.807, 2.05) is 0 Å². The highest BCUT2D eigenvalue weighted by Crippen LogP contribution is 2.62. The molecule has 0 heterocycles. The number of hydrogen-bond donors (Lipinski definition) is 0. The summed E-state index contributed by atoms with van der Waals surface area (Å²) in [5.74, 6) is 0. The lowest BCUT2D eigenvalue weighted by Crippen LogP contribution is -2.29. The molecule has 0 unspecified atom stereocenters. The van der Waals surface area contributed by atoms with E-state index in [-0.39, 0.29) is 0 Å². The molecule has 82 heavy (non-hydrogen) atoms. The van der Waals surface area contributed by atoms with Gasteiger partial charge in [-0.05, 0) is 136 Å². The van der Waals surface area contributed by atoms with Crippen molar-refractivity contribution in [2.24, 2.45) is 0 Å². The molecule has 0 aromatic heterocycles. The molecule has 0 N–H and O–H groups in total. The largest absolute Gasteiger partial charge is 0.310 e. The molecular weight excluding hydrogens is 987 g/mol. The lowest BCUT2D eigenvalue weighted by molar-refractivity contribution is 0.768. The highest BCUT2D eigenvalue weighted by molar-refractivity contribution is 6.00. The molecule has 3 aliphatic carbocycles. The molecular formula is C81H55N. The molecule has 13 aromatic rings. The summed E-state index contributed by atoms with van der Waals surface area (Å²) in [5, 5.41) is 0. The van der Waals surface area contributed by atoms with Crippen molar-refractivity contribution in [1.82, 2.24) is 0 Å². The minimum Gasteiger partial charge on any atom is -0.310 e. The van der Waals surface area contributed by atoms with Crippen LogP contribution < -0.4 is 4.90 Å². The summed E-state index contributed by atoms with van der Waals surface area (Å²) in [6, 6.07) is 125. The van der Waals surface area contributed by atoms with Gasteiger partial charge < -0.3 is 4.90 Å². The predicted molar refractivity (Wildman–Crippen MR) is 338 cm³/mol. The zero-order chi connectivity index (χ0) is 54.2. The third kappa shape index (κ3) is 6.68. The number of anilines is 3. The first-order valence-corrected chi connectivity index (χ1v) is 28.7. The number of benzene rings is 13. The van der Waals surface area contributed by atoms with Gasteiger partial charge in [0.1, 0.15) is 0 Å². The van der Waals surface area contributed by atoms with Crippen molar-refractivity contribution in [2.75, 3.05) is 4.90 Å². The van der Waals surface area contributed by atoms with Gasteiger partial charge in [-0.3, -0.25) is 0 Å². The summed E-state index contributed by atoms with van der Waals surface area (Å²) >= 11 is 0. The summed E-state index contributed by atoms with van der Waals surface area (Å²) in [5.41, 5.74) is 26.7. The van der Waals surface area contributed by atoms with Crippen LogP contribution in [-0.2, 0) is 16.2 Å². The Morgan fingerprint density at radius 1 is 0.195 bits per heavy atom. The van der Waals surface area contributed by atoms with Crippen molar-refractivity contribution in [1.29, 1.82) is 0 Å². The molecule has 0 saturated heterocycles. The fourth-order valence-electron chi connectivity index (χ4n) is 15.2. The molecule has 0 bridgehead atoms. The van der Waals surface area contributed by atoms with Crippen LogP contribution >= 0.6 is 0 Å². The second kappa shape index (κ2) is 18.9. The van der Waals surface area contributed by atoms with Crippen molar-refractivity contribution < 1.29 is 0 Å². The van der Waals surface area contributed by atoms with Crippen molar-refractivity contribution in [2.45, 2.75) is 16.2 Å². The molecule has 1 nitrogen and oxygen atoms in total. The van der Waals surface area contributed by atoms with Crippen LogP contribution in [0.25, 0.3) is 44.5 Å². The second-order valence-electron chi connectivity index (χ2n) is 22.1. The van der Waals surface area contributed by atoms with Gasteiger partial charge in [0.25, 0.3) is 0 Å². The Hall–Kier alpha value is -10.3. The maximum absolute atomic E-state index is 2.55. The zero-order valence-electron chi connectivity index (χ0n) is 45.2. The molecule has 1 heteroatoms. The van der Waals surface area contributed by atoms with Crippen LogP contribution in [0.2, 0.25) is 0 Å². The Bertz CT molecular complexity index is 4410. The van der Waals surface area contributed by atoms with Crippen LogP contribution in [0.15, 0.2) is 334 Å². The maximum atomic E-state index is 2.55. The summed E-state index contributed by atoms with van der Waals surface area (Å²) < 4.78 is 0. The molecule has 13 aromatic carbocycles. The summed E-state index contributed by atoms with van der Waals surface area (Å²) in [6.45, 7) is 0. The molecule has 0 saturated carbocycles. The first kappa shape index (κ1) is 47.6. The van der Waals surface area contributed by atoms with E-state index in [9.17, 15) is 0 Å². The highest BCUT2D eigenvalue weighted by atomic mass is 15.1. The number of rotatable bonds is 10. The Kier molecular flexibility index (Phi) is 11.0. The summed E-state index contributed by atoms with van der Waals surface area (Å²) in [7, 11) is 0. The highest BCUT2D eigenvalue weighted by Gasteiger charge is 2.50. The smallest absolute Gasteiger partial charge is 0.0714 e. The van der Waals surface area contributed by atoms with E-state index in [1.165, 1.54) is 111 Å². The molecule has 16 rings (SSSR count). The van der Waals surface area contributed by atoms with Gasteiger partial charge in [0.05, 0.1) is 21.9 Å². The Morgan fingerprint density at radius 3 is 0.976 bits per heavy atom. The molecule has 0 aliphatic heterocycles.